The summed E-state index contributed by atoms with van der Waals surface area (Å²) in [5, 5.41) is -1.26. The number of amides is 1. The zero-order valence-electron chi connectivity index (χ0n) is 11.2. The molecule has 7 heteroatoms. The first-order valence-electron chi connectivity index (χ1n) is 6.42. The van der Waals surface area contributed by atoms with Crippen LogP contribution >= 0.6 is 0 Å². The number of rotatable bonds is 3. The van der Waals surface area contributed by atoms with Crippen LogP contribution in [0.4, 0.5) is 10.1 Å². The lowest BCUT2D eigenvalue weighted by Crippen LogP contribution is -2.40. The van der Waals surface area contributed by atoms with Gasteiger partial charge in [0.25, 0.3) is 0 Å². The second-order valence-electron chi connectivity index (χ2n) is 4.90. The number of nitrogens with zero attached hydrogens (tertiary/aromatic N) is 1. The molecule has 110 valence electrons. The fraction of sp³-hybridized carbons (Fsp3) is 0.462. The molecule has 0 saturated carbocycles. The largest absolute Gasteiger partial charge is 0.398 e. The first kappa shape index (κ1) is 14.8. The number of hydrogen-bond donors (Lipinski definition) is 1. The van der Waals surface area contributed by atoms with Gasteiger partial charge >= 0.3 is 0 Å². The normalized spacial score (nSPS) is 17.2. The van der Waals surface area contributed by atoms with E-state index in [1.165, 1.54) is 17.9 Å². The van der Waals surface area contributed by atoms with E-state index >= 15 is 0 Å². The molecule has 1 heterocycles. The summed E-state index contributed by atoms with van der Waals surface area (Å²) in [5.41, 5.74) is 5.55. The van der Waals surface area contributed by atoms with Crippen LogP contribution in [-0.2, 0) is 14.6 Å². The van der Waals surface area contributed by atoms with E-state index < -0.39 is 26.8 Å². The van der Waals surface area contributed by atoms with Gasteiger partial charge in [-0.05, 0) is 38.0 Å². The minimum atomic E-state index is -3.99. The van der Waals surface area contributed by atoms with Gasteiger partial charge in [0.1, 0.15) is 11.1 Å². The molecule has 1 aromatic rings. The van der Waals surface area contributed by atoms with Crippen LogP contribution in [-0.4, -0.2) is 37.6 Å². The maximum Gasteiger partial charge on any atom is 0.241 e. The molecule has 1 unspecified atom stereocenters. The van der Waals surface area contributed by atoms with Gasteiger partial charge in [-0.25, -0.2) is 12.8 Å². The molecule has 0 aromatic heterocycles. The Morgan fingerprint density at radius 2 is 1.95 bits per heavy atom. The van der Waals surface area contributed by atoms with E-state index in [0.29, 0.717) is 13.1 Å². The quantitative estimate of drug-likeness (QED) is 0.850. The topological polar surface area (TPSA) is 80.5 Å². The van der Waals surface area contributed by atoms with E-state index in [2.05, 4.69) is 0 Å². The number of anilines is 1. The van der Waals surface area contributed by atoms with E-state index in [0.717, 1.165) is 25.0 Å². The van der Waals surface area contributed by atoms with Crippen molar-refractivity contribution < 1.29 is 17.6 Å². The Morgan fingerprint density at radius 3 is 2.55 bits per heavy atom. The van der Waals surface area contributed by atoms with Crippen LogP contribution in [0, 0.1) is 5.82 Å². The Hall–Kier alpha value is -1.63. The molecule has 0 spiro atoms. The monoisotopic (exact) mass is 300 g/mol. The first-order valence-corrected chi connectivity index (χ1v) is 7.96. The summed E-state index contributed by atoms with van der Waals surface area (Å²) in [5.74, 6) is -1.15. The number of halogens is 1. The number of likely N-dealkylation sites (tertiary alicyclic amines) is 1. The summed E-state index contributed by atoms with van der Waals surface area (Å²) >= 11 is 0. The minimum Gasteiger partial charge on any atom is -0.398 e. The zero-order chi connectivity index (χ0) is 14.9. The predicted octanol–water partition coefficient (Wildman–Crippen LogP) is 1.19. The van der Waals surface area contributed by atoms with Crippen molar-refractivity contribution in [3.8, 4) is 0 Å². The number of benzene rings is 1. The maximum absolute atomic E-state index is 13.2. The number of nitrogen functional groups attached to an aromatic ring is 1. The van der Waals surface area contributed by atoms with Crippen molar-refractivity contribution in [2.24, 2.45) is 0 Å². The van der Waals surface area contributed by atoms with Crippen molar-refractivity contribution in [2.75, 3.05) is 18.8 Å². The minimum absolute atomic E-state index is 0.0486. The molecular formula is C13H17FN2O3S. The highest BCUT2D eigenvalue weighted by Gasteiger charge is 2.35. The molecule has 1 aliphatic rings. The van der Waals surface area contributed by atoms with E-state index in [1.54, 1.807) is 0 Å². The molecule has 1 saturated heterocycles. The summed E-state index contributed by atoms with van der Waals surface area (Å²) in [7, 11) is -3.99. The second kappa shape index (κ2) is 5.40. The van der Waals surface area contributed by atoms with Crippen LogP contribution in [0.3, 0.4) is 0 Å². The van der Waals surface area contributed by atoms with E-state index in [1.807, 2.05) is 0 Å². The van der Waals surface area contributed by atoms with Crippen LogP contribution in [0.2, 0.25) is 0 Å². The maximum atomic E-state index is 13.2. The van der Waals surface area contributed by atoms with Gasteiger partial charge in [-0.1, -0.05) is 0 Å². The van der Waals surface area contributed by atoms with Gasteiger partial charge < -0.3 is 10.6 Å². The molecule has 1 fully saturated rings. The van der Waals surface area contributed by atoms with Crippen LogP contribution in [0.5, 0.6) is 0 Å². The number of sulfone groups is 1. The smallest absolute Gasteiger partial charge is 0.241 e. The number of carbonyl (C=O) groups is 1. The van der Waals surface area contributed by atoms with Crippen LogP contribution < -0.4 is 5.73 Å². The fourth-order valence-electron chi connectivity index (χ4n) is 2.27. The van der Waals surface area contributed by atoms with E-state index in [4.69, 9.17) is 5.73 Å². The predicted molar refractivity (Wildman–Crippen MR) is 73.3 cm³/mol. The Kier molecular flexibility index (Phi) is 3.99. The third-order valence-corrected chi connectivity index (χ3v) is 5.61. The van der Waals surface area contributed by atoms with Gasteiger partial charge in [0.15, 0.2) is 9.84 Å². The van der Waals surface area contributed by atoms with Crippen molar-refractivity contribution in [2.45, 2.75) is 29.9 Å². The molecule has 20 heavy (non-hydrogen) atoms. The van der Waals surface area contributed by atoms with Gasteiger partial charge in [0.2, 0.25) is 5.91 Å². The van der Waals surface area contributed by atoms with E-state index in [9.17, 15) is 17.6 Å². The highest BCUT2D eigenvalue weighted by molar-refractivity contribution is 7.93. The molecule has 5 nitrogen and oxygen atoms in total. The summed E-state index contributed by atoms with van der Waals surface area (Å²) in [4.78, 5) is 13.4. The highest BCUT2D eigenvalue weighted by atomic mass is 32.2. The Balaban J connectivity index is 2.33. The fourth-order valence-corrected chi connectivity index (χ4v) is 3.74. The standard InChI is InChI=1S/C13H17FN2O3S/c1-9(13(17)16-6-2-3-7-16)20(18,19)12-8-10(14)4-5-11(12)15/h4-5,8-9H,2-3,6-7,15H2,1H3. The summed E-state index contributed by atoms with van der Waals surface area (Å²) < 4.78 is 38.0. The molecule has 2 rings (SSSR count). The number of nitrogens with two attached hydrogens (primary N) is 1. The Labute approximate surface area is 117 Å². The summed E-state index contributed by atoms with van der Waals surface area (Å²) in [6.45, 7) is 2.45. The molecule has 0 radical (unpaired) electrons. The molecular weight excluding hydrogens is 283 g/mol. The van der Waals surface area contributed by atoms with Gasteiger partial charge in [0.05, 0.1) is 10.6 Å². The number of carbonyl (C=O) groups excluding carboxylic acids is 1. The molecule has 2 N–H and O–H groups in total. The van der Waals surface area contributed by atoms with Crippen LogP contribution in [0.25, 0.3) is 0 Å². The van der Waals surface area contributed by atoms with Crippen molar-refractivity contribution in [3.05, 3.63) is 24.0 Å². The lowest BCUT2D eigenvalue weighted by atomic mass is 10.3. The van der Waals surface area contributed by atoms with Crippen molar-refractivity contribution >= 4 is 21.4 Å². The summed E-state index contributed by atoms with van der Waals surface area (Å²) in [6.07, 6.45) is 1.75. The Morgan fingerprint density at radius 1 is 1.35 bits per heavy atom. The van der Waals surface area contributed by atoms with Gasteiger partial charge in [-0.3, -0.25) is 4.79 Å². The highest BCUT2D eigenvalue weighted by Crippen LogP contribution is 2.25. The molecule has 0 bridgehead atoms. The Bertz CT molecular complexity index is 625. The first-order chi connectivity index (χ1) is 9.34. The third-order valence-electron chi connectivity index (χ3n) is 3.51. The molecule has 1 aliphatic heterocycles. The third kappa shape index (κ3) is 2.63. The van der Waals surface area contributed by atoms with Crippen molar-refractivity contribution in [1.82, 2.24) is 4.90 Å². The van der Waals surface area contributed by atoms with Gasteiger partial charge in [-0.15, -0.1) is 0 Å². The number of hydrogen-bond acceptors (Lipinski definition) is 4. The molecule has 1 amide bonds. The SMILES string of the molecule is CC(C(=O)N1CCCC1)S(=O)(=O)c1cc(F)ccc1N. The van der Waals surface area contributed by atoms with Gasteiger partial charge in [0, 0.05) is 13.1 Å². The van der Waals surface area contributed by atoms with Crippen LogP contribution in [0.15, 0.2) is 23.1 Å². The molecule has 1 atom stereocenters. The van der Waals surface area contributed by atoms with Crippen LogP contribution in [0.1, 0.15) is 19.8 Å². The zero-order valence-corrected chi connectivity index (χ0v) is 12.0. The van der Waals surface area contributed by atoms with Crippen molar-refractivity contribution in [3.63, 3.8) is 0 Å². The van der Waals surface area contributed by atoms with Gasteiger partial charge in [-0.2, -0.15) is 0 Å². The van der Waals surface area contributed by atoms with Crippen molar-refractivity contribution in [1.29, 1.82) is 0 Å². The lowest BCUT2D eigenvalue weighted by molar-refractivity contribution is -0.129. The second-order valence-corrected chi connectivity index (χ2v) is 7.14. The molecule has 1 aromatic carbocycles. The summed E-state index contributed by atoms with van der Waals surface area (Å²) in [6, 6.07) is 3.13. The average molecular weight is 300 g/mol. The van der Waals surface area contributed by atoms with E-state index in [-0.39, 0.29) is 10.6 Å². The lowest BCUT2D eigenvalue weighted by Gasteiger charge is -2.21. The average Bonchev–Trinajstić information content (AvgIpc) is 2.93. The molecule has 0 aliphatic carbocycles.